The fourth-order valence-corrected chi connectivity index (χ4v) is 4.83. The first-order valence-corrected chi connectivity index (χ1v) is 9.52. The number of benzene rings is 2. The van der Waals surface area contributed by atoms with Gasteiger partial charge in [0.05, 0.1) is 0 Å². The minimum atomic E-state index is -0.347. The molecular weight excluding hydrogens is 320 g/mol. The number of aryl methyl sites for hydroxylation is 2. The van der Waals surface area contributed by atoms with Gasteiger partial charge in [-0.05, 0) is 38.1 Å². The Balaban J connectivity index is 2.22. The Hall–Kier alpha value is -1.19. The van der Waals surface area contributed by atoms with E-state index in [1.807, 2.05) is 20.8 Å². The standard InChI is InChI=1S/C20H24OS2/c1-14-6-10-16(11-7-14)22-19(18(21)20(3,4)5)23-17-12-8-15(2)9-13-17/h6-13,19H,1-5H3. The van der Waals surface area contributed by atoms with Crippen LogP contribution in [0.2, 0.25) is 0 Å². The van der Waals surface area contributed by atoms with Gasteiger partial charge in [0.2, 0.25) is 0 Å². The second-order valence-corrected chi connectivity index (χ2v) is 9.46. The second-order valence-electron chi connectivity index (χ2n) is 6.81. The van der Waals surface area contributed by atoms with E-state index in [1.54, 1.807) is 23.5 Å². The average molecular weight is 345 g/mol. The number of thioether (sulfide) groups is 2. The zero-order valence-electron chi connectivity index (χ0n) is 14.4. The third kappa shape index (κ3) is 5.43. The molecule has 1 nitrogen and oxygen atoms in total. The second kappa shape index (κ2) is 7.59. The van der Waals surface area contributed by atoms with Crippen LogP contribution in [-0.2, 0) is 4.79 Å². The summed E-state index contributed by atoms with van der Waals surface area (Å²) < 4.78 is -0.139. The summed E-state index contributed by atoms with van der Waals surface area (Å²) in [4.78, 5) is 15.1. The highest BCUT2D eigenvalue weighted by atomic mass is 32.2. The maximum Gasteiger partial charge on any atom is 0.161 e. The summed E-state index contributed by atoms with van der Waals surface area (Å²) in [7, 11) is 0. The molecule has 0 fully saturated rings. The van der Waals surface area contributed by atoms with E-state index in [-0.39, 0.29) is 15.8 Å². The molecule has 2 rings (SSSR count). The molecule has 23 heavy (non-hydrogen) atoms. The third-order valence-electron chi connectivity index (χ3n) is 3.48. The van der Waals surface area contributed by atoms with Crippen LogP contribution in [0.4, 0.5) is 0 Å². The van der Waals surface area contributed by atoms with E-state index < -0.39 is 0 Å². The quantitative estimate of drug-likeness (QED) is 0.480. The van der Waals surface area contributed by atoms with Crippen LogP contribution < -0.4 is 0 Å². The highest BCUT2D eigenvalue weighted by Gasteiger charge is 2.31. The molecule has 2 aromatic carbocycles. The maximum absolute atomic E-state index is 12.9. The number of hydrogen-bond acceptors (Lipinski definition) is 3. The molecule has 0 saturated carbocycles. The van der Waals surface area contributed by atoms with Crippen LogP contribution in [0.15, 0.2) is 58.3 Å². The van der Waals surface area contributed by atoms with Gasteiger partial charge in [0, 0.05) is 15.2 Å². The highest BCUT2D eigenvalue weighted by Crippen LogP contribution is 2.39. The van der Waals surface area contributed by atoms with Crippen LogP contribution >= 0.6 is 23.5 Å². The van der Waals surface area contributed by atoms with Crippen molar-refractivity contribution in [2.45, 2.75) is 49.0 Å². The third-order valence-corrected chi connectivity index (χ3v) is 6.00. The summed E-state index contributed by atoms with van der Waals surface area (Å²) in [5.74, 6) is 0.272. The van der Waals surface area contributed by atoms with Gasteiger partial charge >= 0.3 is 0 Å². The Kier molecular flexibility index (Phi) is 5.99. The monoisotopic (exact) mass is 344 g/mol. The largest absolute Gasteiger partial charge is 0.297 e. The van der Waals surface area contributed by atoms with E-state index in [2.05, 4.69) is 62.4 Å². The van der Waals surface area contributed by atoms with E-state index in [0.717, 1.165) is 9.79 Å². The summed E-state index contributed by atoms with van der Waals surface area (Å²) in [6, 6.07) is 16.8. The van der Waals surface area contributed by atoms with Crippen molar-refractivity contribution in [3.05, 3.63) is 59.7 Å². The van der Waals surface area contributed by atoms with E-state index in [9.17, 15) is 4.79 Å². The van der Waals surface area contributed by atoms with Crippen molar-refractivity contribution in [1.29, 1.82) is 0 Å². The smallest absolute Gasteiger partial charge is 0.161 e. The van der Waals surface area contributed by atoms with Crippen LogP contribution in [0.25, 0.3) is 0 Å². The van der Waals surface area contributed by atoms with Crippen molar-refractivity contribution in [3.63, 3.8) is 0 Å². The SMILES string of the molecule is Cc1ccc(SC(Sc2ccc(C)cc2)C(=O)C(C)(C)C)cc1. The number of ketones is 1. The molecule has 0 aliphatic carbocycles. The fraction of sp³-hybridized carbons (Fsp3) is 0.350. The van der Waals surface area contributed by atoms with Gasteiger partial charge in [0.1, 0.15) is 4.58 Å². The lowest BCUT2D eigenvalue weighted by atomic mass is 9.92. The van der Waals surface area contributed by atoms with Gasteiger partial charge in [-0.25, -0.2) is 0 Å². The highest BCUT2D eigenvalue weighted by molar-refractivity contribution is 8.18. The topological polar surface area (TPSA) is 17.1 Å². The van der Waals surface area contributed by atoms with Crippen LogP contribution in [-0.4, -0.2) is 10.4 Å². The summed E-state index contributed by atoms with van der Waals surface area (Å²) in [5, 5.41) is 0. The van der Waals surface area contributed by atoms with Crippen LogP contribution in [0.5, 0.6) is 0 Å². The lowest BCUT2D eigenvalue weighted by Gasteiger charge is -2.24. The van der Waals surface area contributed by atoms with Gasteiger partial charge < -0.3 is 0 Å². The van der Waals surface area contributed by atoms with E-state index >= 15 is 0 Å². The Labute approximate surface area is 148 Å². The van der Waals surface area contributed by atoms with Crippen molar-refractivity contribution < 1.29 is 4.79 Å². The Morgan fingerprint density at radius 3 is 1.43 bits per heavy atom. The maximum atomic E-state index is 12.9. The predicted octanol–water partition coefficient (Wildman–Crippen LogP) is 6.13. The van der Waals surface area contributed by atoms with E-state index in [0.29, 0.717) is 0 Å². The number of carbonyl (C=O) groups is 1. The van der Waals surface area contributed by atoms with Gasteiger partial charge in [-0.3, -0.25) is 4.79 Å². The van der Waals surface area contributed by atoms with Crippen molar-refractivity contribution in [2.24, 2.45) is 5.41 Å². The molecule has 0 unspecified atom stereocenters. The first kappa shape index (κ1) is 18.2. The number of rotatable bonds is 5. The normalized spacial score (nSPS) is 11.7. The van der Waals surface area contributed by atoms with Crippen molar-refractivity contribution in [1.82, 2.24) is 0 Å². The molecule has 0 spiro atoms. The molecule has 0 N–H and O–H groups in total. The summed E-state index contributed by atoms with van der Waals surface area (Å²) in [6.45, 7) is 10.1. The van der Waals surface area contributed by atoms with E-state index in [1.165, 1.54) is 11.1 Å². The molecule has 0 aromatic heterocycles. The molecule has 122 valence electrons. The average Bonchev–Trinajstić information content (AvgIpc) is 2.49. The predicted molar refractivity (Wildman–Crippen MR) is 102 cm³/mol. The van der Waals surface area contributed by atoms with Crippen LogP contribution in [0.1, 0.15) is 31.9 Å². The molecule has 2 aromatic rings. The molecule has 0 heterocycles. The molecule has 0 radical (unpaired) electrons. The molecule has 3 heteroatoms. The Morgan fingerprint density at radius 1 is 0.783 bits per heavy atom. The number of hydrogen-bond donors (Lipinski definition) is 0. The summed E-state index contributed by atoms with van der Waals surface area (Å²) >= 11 is 3.29. The zero-order chi connectivity index (χ0) is 17.0. The fourth-order valence-electron chi connectivity index (χ4n) is 1.97. The van der Waals surface area contributed by atoms with Gasteiger partial charge in [-0.1, -0.05) is 56.2 Å². The molecule has 0 aliphatic heterocycles. The molecule has 0 amide bonds. The van der Waals surface area contributed by atoms with Gasteiger partial charge in [0.15, 0.2) is 5.78 Å². The van der Waals surface area contributed by atoms with Crippen molar-refractivity contribution in [2.75, 3.05) is 0 Å². The van der Waals surface area contributed by atoms with Crippen LogP contribution in [0.3, 0.4) is 0 Å². The minimum Gasteiger partial charge on any atom is -0.297 e. The molecule has 0 atom stereocenters. The lowest BCUT2D eigenvalue weighted by Crippen LogP contribution is -2.28. The van der Waals surface area contributed by atoms with Gasteiger partial charge in [0.25, 0.3) is 0 Å². The van der Waals surface area contributed by atoms with Crippen LogP contribution in [0, 0.1) is 19.3 Å². The van der Waals surface area contributed by atoms with Crippen molar-refractivity contribution in [3.8, 4) is 0 Å². The summed E-state index contributed by atoms with van der Waals surface area (Å²) in [5.41, 5.74) is 2.12. The molecule has 0 bridgehead atoms. The van der Waals surface area contributed by atoms with Crippen molar-refractivity contribution >= 4 is 29.3 Å². The zero-order valence-corrected chi connectivity index (χ0v) is 16.1. The lowest BCUT2D eigenvalue weighted by molar-refractivity contribution is -0.124. The molecular formula is C20H24OS2. The number of carbonyl (C=O) groups excluding carboxylic acids is 1. The van der Waals surface area contributed by atoms with Gasteiger partial charge in [-0.2, -0.15) is 0 Å². The Morgan fingerprint density at radius 2 is 1.13 bits per heavy atom. The molecule has 0 saturated heterocycles. The Bertz CT molecular complexity index is 604. The summed E-state index contributed by atoms with van der Waals surface area (Å²) in [6.07, 6.45) is 0. The first-order chi connectivity index (χ1) is 10.8. The van der Waals surface area contributed by atoms with E-state index in [4.69, 9.17) is 0 Å². The van der Waals surface area contributed by atoms with Gasteiger partial charge in [-0.15, -0.1) is 23.5 Å². The minimum absolute atomic E-state index is 0.139. The molecule has 0 aliphatic rings. The first-order valence-electron chi connectivity index (χ1n) is 7.77. The number of Topliss-reactive ketones (excluding diaryl/α,β-unsaturated/α-hetero) is 1.